The molecule has 4 aliphatic carbocycles. The Morgan fingerprint density at radius 3 is 2.57 bits per heavy atom. The van der Waals surface area contributed by atoms with Gasteiger partial charge >= 0.3 is 5.97 Å². The summed E-state index contributed by atoms with van der Waals surface area (Å²) in [6.45, 7) is 14.4. The van der Waals surface area contributed by atoms with Gasteiger partial charge in [-0.1, -0.05) is 45.9 Å². The van der Waals surface area contributed by atoms with E-state index in [1.807, 2.05) is 42.2 Å². The highest BCUT2D eigenvalue weighted by Crippen LogP contribution is 2.82. The predicted molar refractivity (Wildman–Crippen MR) is 164 cm³/mol. The van der Waals surface area contributed by atoms with E-state index in [9.17, 15) is 24.9 Å². The molecule has 4 fully saturated rings. The number of carbonyl (C=O) groups excluding carboxylic acids is 2. The van der Waals surface area contributed by atoms with Crippen LogP contribution in [0.2, 0.25) is 0 Å². The first kappa shape index (κ1) is 31.7. The van der Waals surface area contributed by atoms with Crippen molar-refractivity contribution in [1.29, 1.82) is 0 Å². The monoisotopic (exact) mass is 599 g/mol. The highest BCUT2D eigenvalue weighted by molar-refractivity contribution is 8.00. The number of nitrogens with zero attached hydrogens (tertiary/aromatic N) is 1. The maximum atomic E-state index is 13.5. The fourth-order valence-corrected chi connectivity index (χ4v) is 10.7. The Labute approximate surface area is 255 Å². The third-order valence-corrected chi connectivity index (χ3v) is 13.1. The summed E-state index contributed by atoms with van der Waals surface area (Å²) in [5, 5.41) is 30.4. The third-order valence-electron chi connectivity index (χ3n) is 12.1. The molecule has 1 aromatic carbocycles. The molecule has 2 bridgehead atoms. The van der Waals surface area contributed by atoms with Crippen molar-refractivity contribution in [2.75, 3.05) is 32.1 Å². The van der Waals surface area contributed by atoms with Gasteiger partial charge in [-0.2, -0.15) is 0 Å². The van der Waals surface area contributed by atoms with Crippen molar-refractivity contribution in [3.05, 3.63) is 42.5 Å². The fraction of sp³-hybridized carbons (Fsp3) is 0.706. The average molecular weight is 600 g/mol. The molecule has 8 heteroatoms. The van der Waals surface area contributed by atoms with Gasteiger partial charge in [0, 0.05) is 47.2 Å². The lowest BCUT2D eigenvalue weighted by molar-refractivity contribution is -0.257. The number of ketones is 1. The van der Waals surface area contributed by atoms with Crippen LogP contribution < -0.4 is 0 Å². The van der Waals surface area contributed by atoms with Crippen molar-refractivity contribution < 1.29 is 29.6 Å². The summed E-state index contributed by atoms with van der Waals surface area (Å²) < 4.78 is 6.44. The molecular formula is C34H49NO6S. The molecule has 0 aromatic heterocycles. The molecule has 0 amide bonds. The maximum absolute atomic E-state index is 13.5. The van der Waals surface area contributed by atoms with Crippen molar-refractivity contribution in [2.24, 2.45) is 39.4 Å². The van der Waals surface area contributed by atoms with E-state index in [1.54, 1.807) is 0 Å². The zero-order valence-corrected chi connectivity index (χ0v) is 26.5. The first-order chi connectivity index (χ1) is 19.9. The van der Waals surface area contributed by atoms with Crippen molar-refractivity contribution in [1.82, 2.24) is 4.90 Å². The number of hydrogen-bond acceptors (Lipinski definition) is 8. The molecule has 1 aromatic rings. The van der Waals surface area contributed by atoms with Gasteiger partial charge in [-0.05, 0) is 66.5 Å². The summed E-state index contributed by atoms with van der Waals surface area (Å²) >= 11 is 1.43. The lowest BCUT2D eigenvalue weighted by Gasteiger charge is -2.71. The standard InChI is InChI=1S/C34H49NO6S/c1-6-31(4)18-27(41-28(39)20-42-25-9-7-8-24(16-25)19-35(12-14-36)13-15-37)32(5)22(2)17-34-21-33(30(32)34,11-10-26(34)38)23(3)29(31)40/h6-9,16,22-23,27,29-30,36-37,40H,1,10-15,17-21H2,2-5H3/t22?,23-,27+,29-,30?,31+,32-,33?,34?/m0/s1. The van der Waals surface area contributed by atoms with E-state index in [0.717, 1.165) is 29.7 Å². The highest BCUT2D eigenvalue weighted by atomic mass is 32.2. The molecule has 0 saturated heterocycles. The van der Waals surface area contributed by atoms with Crippen molar-refractivity contribution in [2.45, 2.75) is 83.4 Å². The van der Waals surface area contributed by atoms with Crippen LogP contribution in [0, 0.1) is 39.4 Å². The van der Waals surface area contributed by atoms with Gasteiger partial charge in [0.2, 0.25) is 0 Å². The van der Waals surface area contributed by atoms with Gasteiger partial charge in [-0.3, -0.25) is 14.5 Å². The summed E-state index contributed by atoms with van der Waals surface area (Å²) in [5.41, 5.74) is -0.412. The summed E-state index contributed by atoms with van der Waals surface area (Å²) in [6.07, 6.45) is 4.34. The van der Waals surface area contributed by atoms with Gasteiger partial charge in [0.05, 0.1) is 25.1 Å². The molecule has 0 heterocycles. The Balaban J connectivity index is 1.36. The highest BCUT2D eigenvalue weighted by Gasteiger charge is 2.81. The summed E-state index contributed by atoms with van der Waals surface area (Å²) in [5.74, 6) is 0.593. The first-order valence-electron chi connectivity index (χ1n) is 15.6. The normalized spacial score (nSPS) is 40.6. The number of esters is 1. The first-order valence-corrected chi connectivity index (χ1v) is 16.6. The largest absolute Gasteiger partial charge is 0.461 e. The average Bonchev–Trinajstić information content (AvgIpc) is 3.15. The minimum atomic E-state index is -0.629. The van der Waals surface area contributed by atoms with Crippen LogP contribution in [0.3, 0.4) is 0 Å². The van der Waals surface area contributed by atoms with Crippen LogP contribution in [0.5, 0.6) is 0 Å². The Kier molecular flexibility index (Phi) is 8.80. The Hall–Kier alpha value is -1.71. The van der Waals surface area contributed by atoms with Crippen LogP contribution >= 0.6 is 11.8 Å². The molecule has 232 valence electrons. The topological polar surface area (TPSA) is 107 Å². The molecule has 5 rings (SSSR count). The number of rotatable bonds is 11. The smallest absolute Gasteiger partial charge is 0.316 e. The lowest BCUT2D eigenvalue weighted by Crippen LogP contribution is -2.71. The number of carbonyl (C=O) groups is 2. The zero-order valence-electron chi connectivity index (χ0n) is 25.7. The molecule has 4 unspecified atom stereocenters. The second-order valence-corrected chi connectivity index (χ2v) is 15.2. The maximum Gasteiger partial charge on any atom is 0.316 e. The lowest BCUT2D eigenvalue weighted by atomic mass is 9.32. The molecule has 0 aliphatic heterocycles. The molecular weight excluding hydrogens is 550 g/mol. The van der Waals surface area contributed by atoms with E-state index < -0.39 is 17.6 Å². The van der Waals surface area contributed by atoms with Crippen molar-refractivity contribution >= 4 is 23.5 Å². The number of ether oxygens (including phenoxy) is 1. The van der Waals surface area contributed by atoms with Crippen LogP contribution in [0.15, 0.2) is 41.8 Å². The van der Waals surface area contributed by atoms with Gasteiger partial charge < -0.3 is 20.1 Å². The van der Waals surface area contributed by atoms with Crippen LogP contribution in [-0.4, -0.2) is 76.2 Å². The molecule has 4 saturated carbocycles. The number of benzene rings is 1. The molecule has 7 nitrogen and oxygen atoms in total. The van der Waals surface area contributed by atoms with E-state index in [2.05, 4.69) is 27.4 Å². The SMILES string of the molecule is C=C[C@]1(C)C[C@@H](OC(=O)CSc2cccc(CN(CCO)CCO)c2)[C@]2(C)C(C)CC34CC(CCC3=O)(C42)[C@@H](C)[C@@H]1O. The van der Waals surface area contributed by atoms with E-state index in [1.165, 1.54) is 11.8 Å². The van der Waals surface area contributed by atoms with Crippen LogP contribution in [-0.2, 0) is 20.9 Å². The van der Waals surface area contributed by atoms with Gasteiger partial charge in [-0.25, -0.2) is 0 Å². The van der Waals surface area contributed by atoms with Gasteiger partial charge in [0.1, 0.15) is 11.9 Å². The predicted octanol–water partition coefficient (Wildman–Crippen LogP) is 4.47. The molecule has 42 heavy (non-hydrogen) atoms. The molecule has 4 aliphatic rings. The second-order valence-electron chi connectivity index (χ2n) is 14.2. The quantitative estimate of drug-likeness (QED) is 0.194. The summed E-state index contributed by atoms with van der Waals surface area (Å²) in [6, 6.07) is 7.97. The van der Waals surface area contributed by atoms with E-state index in [0.29, 0.717) is 38.3 Å². The number of aliphatic hydroxyl groups is 3. The van der Waals surface area contributed by atoms with Gasteiger partial charge in [0.15, 0.2) is 0 Å². The van der Waals surface area contributed by atoms with Crippen LogP contribution in [0.4, 0.5) is 0 Å². The Morgan fingerprint density at radius 1 is 1.19 bits per heavy atom. The minimum absolute atomic E-state index is 0.0249. The van der Waals surface area contributed by atoms with Crippen LogP contribution in [0.25, 0.3) is 0 Å². The zero-order chi connectivity index (χ0) is 30.5. The summed E-state index contributed by atoms with van der Waals surface area (Å²) in [4.78, 5) is 29.9. The number of Topliss-reactive ketones (excluding diaryl/α,β-unsaturated/α-hetero) is 1. The molecule has 3 N–H and O–H groups in total. The van der Waals surface area contributed by atoms with Gasteiger partial charge in [-0.15, -0.1) is 18.3 Å². The van der Waals surface area contributed by atoms with Crippen LogP contribution in [0.1, 0.15) is 65.4 Å². The Bertz CT molecular complexity index is 1200. The summed E-state index contributed by atoms with van der Waals surface area (Å²) in [7, 11) is 0. The van der Waals surface area contributed by atoms with Crippen molar-refractivity contribution in [3.63, 3.8) is 0 Å². The number of hydrogen-bond donors (Lipinski definition) is 3. The number of thioether (sulfide) groups is 1. The van der Waals surface area contributed by atoms with E-state index in [4.69, 9.17) is 4.74 Å². The molecule has 9 atom stereocenters. The third kappa shape index (κ3) is 4.90. The number of aliphatic hydroxyl groups excluding tert-OH is 3. The molecule has 0 radical (unpaired) electrons. The van der Waals surface area contributed by atoms with E-state index in [-0.39, 0.29) is 58.9 Å². The Morgan fingerprint density at radius 2 is 1.90 bits per heavy atom. The fourth-order valence-electron chi connectivity index (χ4n) is 9.90. The molecule has 2 spiro atoms. The van der Waals surface area contributed by atoms with Gasteiger partial charge in [0.25, 0.3) is 0 Å². The minimum Gasteiger partial charge on any atom is -0.461 e. The van der Waals surface area contributed by atoms with Crippen molar-refractivity contribution in [3.8, 4) is 0 Å². The second kappa shape index (κ2) is 11.7. The van der Waals surface area contributed by atoms with E-state index >= 15 is 0 Å².